The summed E-state index contributed by atoms with van der Waals surface area (Å²) in [4.78, 5) is 15.2. The molecule has 5 nitrogen and oxygen atoms in total. The highest BCUT2D eigenvalue weighted by atomic mass is 35.5. The van der Waals surface area contributed by atoms with E-state index in [1.807, 2.05) is 0 Å². The van der Waals surface area contributed by atoms with E-state index in [9.17, 15) is 4.79 Å². The highest BCUT2D eigenvalue weighted by Crippen LogP contribution is 2.29. The van der Waals surface area contributed by atoms with Crippen LogP contribution in [0.4, 0.5) is 0 Å². The minimum Gasteiger partial charge on any atom is -0.495 e. The molecule has 1 aromatic carbocycles. The quantitative estimate of drug-likeness (QED) is 0.869. The summed E-state index contributed by atoms with van der Waals surface area (Å²) in [6.07, 6.45) is 5.86. The molecule has 0 radical (unpaired) electrons. The molecule has 2 aliphatic rings. The Kier molecular flexibility index (Phi) is 6.20. The molecular formula is C19H27ClN2O3. The molecule has 25 heavy (non-hydrogen) atoms. The Balaban J connectivity index is 1.62. The highest BCUT2D eigenvalue weighted by Gasteiger charge is 2.35. The van der Waals surface area contributed by atoms with Gasteiger partial charge in [0.2, 0.25) is 0 Å². The van der Waals surface area contributed by atoms with E-state index < -0.39 is 0 Å². The van der Waals surface area contributed by atoms with Crippen LogP contribution in [-0.2, 0) is 4.74 Å². The summed E-state index contributed by atoms with van der Waals surface area (Å²) in [6, 6.07) is 5.78. The molecule has 138 valence electrons. The van der Waals surface area contributed by atoms with Crippen LogP contribution in [0.25, 0.3) is 0 Å². The second-order valence-electron chi connectivity index (χ2n) is 6.90. The Hall–Kier alpha value is -1.30. The van der Waals surface area contributed by atoms with E-state index in [1.165, 1.54) is 0 Å². The van der Waals surface area contributed by atoms with Crippen molar-refractivity contribution in [2.75, 3.05) is 27.3 Å². The van der Waals surface area contributed by atoms with E-state index in [4.69, 9.17) is 21.1 Å². The topological polar surface area (TPSA) is 50.8 Å². The number of likely N-dealkylation sites (tertiary alicyclic amines) is 1. The molecule has 2 atom stereocenters. The van der Waals surface area contributed by atoms with Gasteiger partial charge in [0.25, 0.3) is 5.91 Å². The number of piperidine rings is 1. The van der Waals surface area contributed by atoms with Crippen molar-refractivity contribution >= 4 is 17.5 Å². The summed E-state index contributed by atoms with van der Waals surface area (Å²) in [5, 5.41) is 3.74. The number of nitrogens with one attached hydrogen (secondary N) is 1. The molecule has 1 aromatic rings. The summed E-state index contributed by atoms with van der Waals surface area (Å²) in [7, 11) is 3.35. The minimum absolute atomic E-state index is 0.0568. The van der Waals surface area contributed by atoms with E-state index in [2.05, 4.69) is 10.2 Å². The number of hydrogen-bond donors (Lipinski definition) is 1. The average Bonchev–Trinajstić information content (AvgIpc) is 3.10. The summed E-state index contributed by atoms with van der Waals surface area (Å²) in [5.41, 5.74) is 0.588. The number of benzene rings is 1. The van der Waals surface area contributed by atoms with E-state index >= 15 is 0 Å². The molecule has 1 saturated heterocycles. The predicted octanol–water partition coefficient (Wildman–Crippen LogP) is 3.11. The number of methoxy groups -OCH3 is 2. The number of carbonyl (C=O) groups is 1. The fourth-order valence-electron chi connectivity index (χ4n) is 4.04. The lowest BCUT2D eigenvalue weighted by atomic mass is 10.0. The molecule has 3 rings (SSSR count). The van der Waals surface area contributed by atoms with Crippen molar-refractivity contribution < 1.29 is 14.3 Å². The SMILES string of the molecule is COc1cc(C(=O)NC2CCCC2N2CCC(OC)CC2)ccc1Cl. The van der Waals surface area contributed by atoms with Gasteiger partial charge in [-0.2, -0.15) is 0 Å². The van der Waals surface area contributed by atoms with Gasteiger partial charge in [-0.25, -0.2) is 0 Å². The van der Waals surface area contributed by atoms with Crippen molar-refractivity contribution in [3.8, 4) is 5.75 Å². The Morgan fingerprint density at radius 2 is 1.96 bits per heavy atom. The largest absolute Gasteiger partial charge is 0.495 e. The first-order valence-corrected chi connectivity index (χ1v) is 9.41. The molecule has 2 fully saturated rings. The molecule has 0 bridgehead atoms. The molecular weight excluding hydrogens is 340 g/mol. The number of nitrogens with zero attached hydrogens (tertiary/aromatic N) is 1. The molecule has 1 amide bonds. The van der Waals surface area contributed by atoms with Crippen LogP contribution in [0.2, 0.25) is 5.02 Å². The standard InChI is InChI=1S/C19H27ClN2O3/c1-24-14-8-10-22(11-9-14)17-5-3-4-16(17)21-19(23)13-6-7-15(20)18(12-13)25-2/h6-7,12,14,16-17H,3-5,8-11H2,1-2H3,(H,21,23). The summed E-state index contributed by atoms with van der Waals surface area (Å²) in [5.74, 6) is 0.470. The Morgan fingerprint density at radius 3 is 2.64 bits per heavy atom. The third-order valence-corrected chi connectivity index (χ3v) is 5.80. The zero-order valence-corrected chi connectivity index (χ0v) is 15.7. The first-order chi connectivity index (χ1) is 12.1. The van der Waals surface area contributed by atoms with Gasteiger partial charge in [-0.05, 0) is 50.3 Å². The van der Waals surface area contributed by atoms with Crippen LogP contribution < -0.4 is 10.1 Å². The number of ether oxygens (including phenoxy) is 2. The number of hydrogen-bond acceptors (Lipinski definition) is 4. The summed E-state index contributed by atoms with van der Waals surface area (Å²) >= 11 is 6.05. The molecule has 1 saturated carbocycles. The first kappa shape index (κ1) is 18.5. The monoisotopic (exact) mass is 366 g/mol. The van der Waals surface area contributed by atoms with Crippen molar-refractivity contribution in [3.63, 3.8) is 0 Å². The minimum atomic E-state index is -0.0568. The van der Waals surface area contributed by atoms with Crippen molar-refractivity contribution in [2.45, 2.75) is 50.3 Å². The third kappa shape index (κ3) is 4.27. The lowest BCUT2D eigenvalue weighted by molar-refractivity contribution is 0.0238. The van der Waals surface area contributed by atoms with E-state index in [-0.39, 0.29) is 11.9 Å². The maximum Gasteiger partial charge on any atom is 0.251 e. The van der Waals surface area contributed by atoms with Crippen LogP contribution in [0.1, 0.15) is 42.5 Å². The number of amides is 1. The van der Waals surface area contributed by atoms with Gasteiger partial charge in [0.05, 0.1) is 18.2 Å². The Labute approximate surface area is 154 Å². The fraction of sp³-hybridized carbons (Fsp3) is 0.632. The fourth-order valence-corrected chi connectivity index (χ4v) is 4.24. The first-order valence-electron chi connectivity index (χ1n) is 9.03. The molecule has 1 heterocycles. The molecule has 1 aliphatic carbocycles. The lowest BCUT2D eigenvalue weighted by Crippen LogP contribution is -2.51. The lowest BCUT2D eigenvalue weighted by Gasteiger charge is -2.38. The van der Waals surface area contributed by atoms with Crippen molar-refractivity contribution in [1.29, 1.82) is 0 Å². The normalized spacial score (nSPS) is 25.1. The zero-order valence-electron chi connectivity index (χ0n) is 15.0. The summed E-state index contributed by atoms with van der Waals surface area (Å²) < 4.78 is 10.7. The molecule has 2 unspecified atom stereocenters. The Morgan fingerprint density at radius 1 is 1.20 bits per heavy atom. The van der Waals surface area contributed by atoms with Crippen LogP contribution >= 0.6 is 11.6 Å². The molecule has 1 aliphatic heterocycles. The van der Waals surface area contributed by atoms with E-state index in [1.54, 1.807) is 32.4 Å². The van der Waals surface area contributed by atoms with Gasteiger partial charge in [0.1, 0.15) is 5.75 Å². The van der Waals surface area contributed by atoms with Crippen molar-refractivity contribution in [1.82, 2.24) is 10.2 Å². The van der Waals surface area contributed by atoms with Crippen molar-refractivity contribution in [3.05, 3.63) is 28.8 Å². The van der Waals surface area contributed by atoms with Gasteiger partial charge in [-0.15, -0.1) is 0 Å². The van der Waals surface area contributed by atoms with Gasteiger partial charge in [0, 0.05) is 37.8 Å². The van der Waals surface area contributed by atoms with Gasteiger partial charge in [-0.3, -0.25) is 9.69 Å². The van der Waals surface area contributed by atoms with E-state index in [0.29, 0.717) is 28.5 Å². The average molecular weight is 367 g/mol. The number of carbonyl (C=O) groups excluding carboxylic acids is 1. The van der Waals surface area contributed by atoms with Gasteiger partial charge in [-0.1, -0.05) is 11.6 Å². The van der Waals surface area contributed by atoms with Gasteiger partial charge in [0.15, 0.2) is 0 Å². The molecule has 0 spiro atoms. The number of halogens is 1. The zero-order chi connectivity index (χ0) is 17.8. The van der Waals surface area contributed by atoms with E-state index in [0.717, 1.165) is 45.2 Å². The second-order valence-corrected chi connectivity index (χ2v) is 7.31. The Bertz CT molecular complexity index is 602. The maximum atomic E-state index is 12.7. The maximum absolute atomic E-state index is 12.7. The van der Waals surface area contributed by atoms with Crippen LogP contribution in [0, 0.1) is 0 Å². The summed E-state index contributed by atoms with van der Waals surface area (Å²) in [6.45, 7) is 2.09. The predicted molar refractivity (Wildman–Crippen MR) is 98.5 cm³/mol. The number of rotatable bonds is 5. The smallest absolute Gasteiger partial charge is 0.251 e. The van der Waals surface area contributed by atoms with Crippen LogP contribution in [0.5, 0.6) is 5.75 Å². The highest BCUT2D eigenvalue weighted by molar-refractivity contribution is 6.32. The van der Waals surface area contributed by atoms with Crippen LogP contribution in [-0.4, -0.2) is 56.3 Å². The molecule has 0 aromatic heterocycles. The van der Waals surface area contributed by atoms with Gasteiger partial charge >= 0.3 is 0 Å². The van der Waals surface area contributed by atoms with Crippen molar-refractivity contribution in [2.24, 2.45) is 0 Å². The second kappa shape index (κ2) is 8.39. The van der Waals surface area contributed by atoms with Crippen LogP contribution in [0.3, 0.4) is 0 Å². The third-order valence-electron chi connectivity index (χ3n) is 5.49. The molecule has 6 heteroatoms. The van der Waals surface area contributed by atoms with Gasteiger partial charge < -0.3 is 14.8 Å². The van der Waals surface area contributed by atoms with Crippen LogP contribution in [0.15, 0.2) is 18.2 Å². The molecule has 1 N–H and O–H groups in total.